The number of ether oxygens (including phenoxy) is 1. The Bertz CT molecular complexity index is 1060. The number of benzene rings is 1. The molecule has 0 spiro atoms. The lowest BCUT2D eigenvalue weighted by molar-refractivity contribution is -0.141. The van der Waals surface area contributed by atoms with Crippen molar-refractivity contribution >= 4 is 39.3 Å². The van der Waals surface area contributed by atoms with Crippen LogP contribution in [0.3, 0.4) is 0 Å². The van der Waals surface area contributed by atoms with Crippen molar-refractivity contribution in [3.63, 3.8) is 0 Å². The molecule has 1 aromatic carbocycles. The van der Waals surface area contributed by atoms with Crippen molar-refractivity contribution in [3.05, 3.63) is 56.4 Å². The van der Waals surface area contributed by atoms with E-state index in [0.717, 1.165) is 45.5 Å². The molecule has 5 nitrogen and oxygen atoms in total. The smallest absolute Gasteiger partial charge is 0.316 e. The highest BCUT2D eigenvalue weighted by Crippen LogP contribution is 2.33. The lowest BCUT2D eigenvalue weighted by Gasteiger charge is -2.09. The first kappa shape index (κ1) is 18.3. The van der Waals surface area contributed by atoms with Gasteiger partial charge in [0.15, 0.2) is 0 Å². The van der Waals surface area contributed by atoms with E-state index in [-0.39, 0.29) is 23.9 Å². The van der Waals surface area contributed by atoms with E-state index in [1.807, 2.05) is 31.2 Å². The summed E-state index contributed by atoms with van der Waals surface area (Å²) in [5, 5.41) is 0.722. The molecule has 0 bridgehead atoms. The molecule has 2 heterocycles. The number of aryl methyl sites for hydroxylation is 3. The molecule has 1 aliphatic carbocycles. The zero-order valence-corrected chi connectivity index (χ0v) is 16.7. The van der Waals surface area contributed by atoms with E-state index in [1.165, 1.54) is 23.1 Å². The van der Waals surface area contributed by atoms with Gasteiger partial charge in [0.05, 0.1) is 11.1 Å². The second-order valence-corrected chi connectivity index (χ2v) is 8.72. The largest absolute Gasteiger partial charge is 0.457 e. The average Bonchev–Trinajstić information content (AvgIpc) is 3.04. The first-order chi connectivity index (χ1) is 13.1. The molecular formula is C20H20N2O3S2. The third-order valence-electron chi connectivity index (χ3n) is 4.68. The van der Waals surface area contributed by atoms with E-state index in [1.54, 1.807) is 11.3 Å². The molecule has 2 aromatic heterocycles. The summed E-state index contributed by atoms with van der Waals surface area (Å²) in [6.45, 7) is 2.00. The zero-order valence-electron chi connectivity index (χ0n) is 15.0. The lowest BCUT2D eigenvalue weighted by atomic mass is 9.97. The Balaban J connectivity index is 1.42. The van der Waals surface area contributed by atoms with Gasteiger partial charge in [0.2, 0.25) is 0 Å². The summed E-state index contributed by atoms with van der Waals surface area (Å²) in [6, 6.07) is 7.92. The fraction of sp³-hybridized carbons (Fsp3) is 0.350. The molecule has 1 aliphatic rings. The summed E-state index contributed by atoms with van der Waals surface area (Å²) in [5.41, 5.74) is 2.17. The summed E-state index contributed by atoms with van der Waals surface area (Å²) < 4.78 is 5.31. The minimum atomic E-state index is -0.323. The van der Waals surface area contributed by atoms with Crippen molar-refractivity contribution in [1.82, 2.24) is 9.97 Å². The van der Waals surface area contributed by atoms with Gasteiger partial charge in [-0.25, -0.2) is 4.98 Å². The number of carbonyl (C=O) groups excluding carboxylic acids is 1. The molecule has 0 unspecified atom stereocenters. The fourth-order valence-corrected chi connectivity index (χ4v) is 5.43. The van der Waals surface area contributed by atoms with E-state index in [2.05, 4.69) is 9.97 Å². The van der Waals surface area contributed by atoms with Gasteiger partial charge >= 0.3 is 5.97 Å². The van der Waals surface area contributed by atoms with Gasteiger partial charge in [0.1, 0.15) is 17.3 Å². The number of esters is 1. The van der Waals surface area contributed by atoms with Gasteiger partial charge in [-0.2, -0.15) is 0 Å². The average molecular weight is 401 g/mol. The Morgan fingerprint density at radius 2 is 2.11 bits per heavy atom. The molecule has 0 fully saturated rings. The van der Waals surface area contributed by atoms with Gasteiger partial charge < -0.3 is 9.72 Å². The van der Waals surface area contributed by atoms with Gasteiger partial charge in [0, 0.05) is 9.77 Å². The van der Waals surface area contributed by atoms with Crippen molar-refractivity contribution in [2.45, 2.75) is 44.1 Å². The summed E-state index contributed by atoms with van der Waals surface area (Å²) >= 11 is 3.05. The van der Waals surface area contributed by atoms with Crippen molar-refractivity contribution in [1.29, 1.82) is 0 Å². The number of nitrogens with zero attached hydrogens (tertiary/aromatic N) is 1. The zero-order chi connectivity index (χ0) is 18.8. The van der Waals surface area contributed by atoms with Crippen LogP contribution in [0.2, 0.25) is 0 Å². The van der Waals surface area contributed by atoms with Crippen LogP contribution in [0.25, 0.3) is 10.2 Å². The van der Waals surface area contributed by atoms with Crippen LogP contribution in [-0.4, -0.2) is 21.7 Å². The number of hydrogen-bond acceptors (Lipinski definition) is 6. The van der Waals surface area contributed by atoms with Crippen LogP contribution in [0, 0.1) is 6.92 Å². The number of aromatic amines is 1. The molecule has 0 saturated heterocycles. The van der Waals surface area contributed by atoms with Crippen LogP contribution in [-0.2, 0) is 29.0 Å². The second-order valence-electron chi connectivity index (χ2n) is 6.62. The first-order valence-corrected chi connectivity index (χ1v) is 10.8. The molecular weight excluding hydrogens is 380 g/mol. The topological polar surface area (TPSA) is 72.0 Å². The first-order valence-electron chi connectivity index (χ1n) is 8.99. The molecule has 0 aliphatic heterocycles. The van der Waals surface area contributed by atoms with Crippen LogP contribution in [0.15, 0.2) is 34.0 Å². The highest BCUT2D eigenvalue weighted by atomic mass is 32.2. The third-order valence-corrected chi connectivity index (χ3v) is 7.02. The van der Waals surface area contributed by atoms with E-state index in [9.17, 15) is 9.59 Å². The Morgan fingerprint density at radius 3 is 2.96 bits per heavy atom. The third kappa shape index (κ3) is 3.94. The standard InChI is InChI=1S/C20H20N2O3S2/c1-12-6-2-4-8-14(12)26-11-17(23)25-10-16-21-19(24)18-13-7-3-5-9-15(13)27-20(18)22-16/h2,4,6,8H,3,5,7,9-11H2,1H3,(H,21,22,24). The highest BCUT2D eigenvalue weighted by molar-refractivity contribution is 8.00. The quantitative estimate of drug-likeness (QED) is 0.518. The molecule has 0 radical (unpaired) electrons. The number of thioether (sulfide) groups is 1. The Morgan fingerprint density at radius 1 is 1.30 bits per heavy atom. The molecule has 0 saturated carbocycles. The van der Waals surface area contributed by atoms with Crippen LogP contribution in [0.1, 0.15) is 34.7 Å². The normalized spacial score (nSPS) is 13.5. The number of hydrogen-bond donors (Lipinski definition) is 1. The van der Waals surface area contributed by atoms with E-state index in [0.29, 0.717) is 5.82 Å². The van der Waals surface area contributed by atoms with E-state index in [4.69, 9.17) is 4.74 Å². The maximum atomic E-state index is 12.5. The van der Waals surface area contributed by atoms with Crippen LogP contribution >= 0.6 is 23.1 Å². The minimum Gasteiger partial charge on any atom is -0.457 e. The lowest BCUT2D eigenvalue weighted by Crippen LogP contribution is -2.15. The maximum Gasteiger partial charge on any atom is 0.316 e. The number of H-pyrrole nitrogens is 1. The SMILES string of the molecule is Cc1ccccc1SCC(=O)OCc1nc2sc3c(c2c(=O)[nH]1)CCCC3. The van der Waals surface area contributed by atoms with Crippen LogP contribution in [0.5, 0.6) is 0 Å². The van der Waals surface area contributed by atoms with Crippen molar-refractivity contribution in [3.8, 4) is 0 Å². The van der Waals surface area contributed by atoms with E-state index >= 15 is 0 Å². The Labute approximate surface area is 165 Å². The van der Waals surface area contributed by atoms with E-state index < -0.39 is 0 Å². The molecule has 0 atom stereocenters. The van der Waals surface area contributed by atoms with Crippen LogP contribution < -0.4 is 5.56 Å². The number of fused-ring (bicyclic) bond motifs is 3. The minimum absolute atomic E-state index is 0.0130. The molecule has 4 rings (SSSR count). The number of nitrogens with one attached hydrogen (secondary N) is 1. The number of aromatic nitrogens is 2. The van der Waals surface area contributed by atoms with Gasteiger partial charge in [-0.05, 0) is 49.8 Å². The van der Waals surface area contributed by atoms with Gasteiger partial charge in [-0.1, -0.05) is 18.2 Å². The molecule has 0 amide bonds. The predicted octanol–water partition coefficient (Wildman–Crippen LogP) is 4.01. The summed E-state index contributed by atoms with van der Waals surface area (Å²) in [5.74, 6) is 0.307. The summed E-state index contributed by atoms with van der Waals surface area (Å²) in [7, 11) is 0. The van der Waals surface area contributed by atoms with Crippen molar-refractivity contribution < 1.29 is 9.53 Å². The highest BCUT2D eigenvalue weighted by Gasteiger charge is 2.20. The fourth-order valence-electron chi connectivity index (χ4n) is 3.32. The van der Waals surface area contributed by atoms with Gasteiger partial charge in [-0.3, -0.25) is 9.59 Å². The van der Waals surface area contributed by atoms with Crippen molar-refractivity contribution in [2.75, 3.05) is 5.75 Å². The second kappa shape index (κ2) is 7.86. The molecule has 27 heavy (non-hydrogen) atoms. The molecule has 3 aromatic rings. The van der Waals surface area contributed by atoms with Gasteiger partial charge in [0.25, 0.3) is 5.56 Å². The molecule has 1 N–H and O–H groups in total. The monoisotopic (exact) mass is 400 g/mol. The predicted molar refractivity (Wildman–Crippen MR) is 109 cm³/mol. The molecule has 7 heteroatoms. The number of rotatable bonds is 5. The summed E-state index contributed by atoms with van der Waals surface area (Å²) in [4.78, 5) is 34.9. The van der Waals surface area contributed by atoms with Crippen LogP contribution in [0.4, 0.5) is 0 Å². The molecule has 140 valence electrons. The number of thiophene rings is 1. The Kier molecular flexibility index (Phi) is 5.31. The van der Waals surface area contributed by atoms with Crippen molar-refractivity contribution in [2.24, 2.45) is 0 Å². The Hall–Kier alpha value is -2.12. The van der Waals surface area contributed by atoms with Gasteiger partial charge in [-0.15, -0.1) is 23.1 Å². The maximum absolute atomic E-state index is 12.5. The number of carbonyl (C=O) groups is 1. The summed E-state index contributed by atoms with van der Waals surface area (Å²) in [6.07, 6.45) is 4.26.